The minimum atomic E-state index is 0.432. The van der Waals surface area contributed by atoms with Gasteiger partial charge in [-0.05, 0) is 18.6 Å². The van der Waals surface area contributed by atoms with Crippen LogP contribution in [0.2, 0.25) is 0 Å². The van der Waals surface area contributed by atoms with Gasteiger partial charge in [0.1, 0.15) is 12.1 Å². The highest BCUT2D eigenvalue weighted by Gasteiger charge is 2.03. The Labute approximate surface area is 75.8 Å². The highest BCUT2D eigenvalue weighted by molar-refractivity contribution is 5.81. The van der Waals surface area contributed by atoms with E-state index in [4.69, 9.17) is 0 Å². The topological polar surface area (TPSA) is 45.8 Å². The van der Waals surface area contributed by atoms with Gasteiger partial charge in [0, 0.05) is 6.42 Å². The number of rotatable bonds is 2. The van der Waals surface area contributed by atoms with Crippen LogP contribution in [0.15, 0.2) is 18.2 Å². The summed E-state index contributed by atoms with van der Waals surface area (Å²) in [6, 6.07) is 5.82. The smallest absolute Gasteiger partial charge is 0.124 e. The maximum absolute atomic E-state index is 10.4. The number of aldehydes is 1. The average Bonchev–Trinajstić information content (AvgIpc) is 2.47. The molecule has 0 bridgehead atoms. The summed E-state index contributed by atoms with van der Waals surface area (Å²) in [5.74, 6) is 0.883. The Hall–Kier alpha value is -1.64. The molecule has 66 valence electrons. The van der Waals surface area contributed by atoms with Gasteiger partial charge in [0.25, 0.3) is 0 Å². The van der Waals surface area contributed by atoms with Gasteiger partial charge < -0.3 is 9.78 Å². The minimum Gasteiger partial charge on any atom is -0.342 e. The molecule has 1 aromatic carbocycles. The van der Waals surface area contributed by atoms with Crippen LogP contribution in [0, 0.1) is 6.92 Å². The fourth-order valence-corrected chi connectivity index (χ4v) is 1.47. The lowest BCUT2D eigenvalue weighted by Crippen LogP contribution is -1.86. The van der Waals surface area contributed by atoms with E-state index in [1.807, 2.05) is 25.1 Å². The van der Waals surface area contributed by atoms with Crippen molar-refractivity contribution in [3.05, 3.63) is 29.6 Å². The Bertz CT molecular complexity index is 445. The molecule has 0 unspecified atom stereocenters. The van der Waals surface area contributed by atoms with Gasteiger partial charge in [0.2, 0.25) is 0 Å². The van der Waals surface area contributed by atoms with Crippen molar-refractivity contribution in [2.45, 2.75) is 13.3 Å². The maximum Gasteiger partial charge on any atom is 0.124 e. The molecule has 2 aromatic rings. The zero-order valence-corrected chi connectivity index (χ0v) is 7.37. The molecule has 1 aromatic heterocycles. The van der Waals surface area contributed by atoms with Crippen molar-refractivity contribution in [3.63, 3.8) is 0 Å². The average molecular weight is 174 g/mol. The summed E-state index contributed by atoms with van der Waals surface area (Å²) in [4.78, 5) is 17.8. The normalized spacial score (nSPS) is 10.5. The molecule has 0 spiro atoms. The monoisotopic (exact) mass is 174 g/mol. The summed E-state index contributed by atoms with van der Waals surface area (Å²) in [5, 5.41) is 0. The lowest BCUT2D eigenvalue weighted by atomic mass is 10.1. The van der Waals surface area contributed by atoms with Crippen molar-refractivity contribution in [2.75, 3.05) is 0 Å². The molecule has 0 aliphatic carbocycles. The molecule has 3 heteroatoms. The highest BCUT2D eigenvalue weighted by Crippen LogP contribution is 2.15. The third kappa shape index (κ3) is 1.33. The van der Waals surface area contributed by atoms with Crippen LogP contribution < -0.4 is 0 Å². The number of imidazole rings is 1. The zero-order chi connectivity index (χ0) is 9.26. The first-order valence-corrected chi connectivity index (χ1v) is 4.19. The number of carbonyl (C=O) groups is 1. The van der Waals surface area contributed by atoms with E-state index in [-0.39, 0.29) is 0 Å². The van der Waals surface area contributed by atoms with Gasteiger partial charge in [-0.2, -0.15) is 0 Å². The number of nitrogens with one attached hydrogen (secondary N) is 1. The fraction of sp³-hybridized carbons (Fsp3) is 0.200. The number of nitrogens with zero attached hydrogens (tertiary/aromatic N) is 1. The number of aromatic amines is 1. The maximum atomic E-state index is 10.4. The molecule has 1 N–H and O–H groups in total. The van der Waals surface area contributed by atoms with Crippen LogP contribution in [0.1, 0.15) is 11.4 Å². The number of aromatic nitrogens is 2. The zero-order valence-electron chi connectivity index (χ0n) is 7.37. The van der Waals surface area contributed by atoms with Gasteiger partial charge in [0.05, 0.1) is 11.0 Å². The van der Waals surface area contributed by atoms with Crippen molar-refractivity contribution in [1.82, 2.24) is 9.97 Å². The summed E-state index contributed by atoms with van der Waals surface area (Å²) in [6.07, 6.45) is 1.33. The molecular formula is C10H10N2O. The lowest BCUT2D eigenvalue weighted by Gasteiger charge is -1.94. The predicted molar refractivity (Wildman–Crippen MR) is 50.6 cm³/mol. The fourth-order valence-electron chi connectivity index (χ4n) is 1.47. The van der Waals surface area contributed by atoms with E-state index < -0.39 is 0 Å². The van der Waals surface area contributed by atoms with Gasteiger partial charge in [-0.3, -0.25) is 0 Å². The van der Waals surface area contributed by atoms with Crippen molar-refractivity contribution >= 4 is 17.3 Å². The Kier molecular flexibility index (Phi) is 1.85. The van der Waals surface area contributed by atoms with Crippen LogP contribution in [-0.2, 0) is 11.2 Å². The first-order chi connectivity index (χ1) is 6.31. The van der Waals surface area contributed by atoms with Crippen LogP contribution in [0.3, 0.4) is 0 Å². The van der Waals surface area contributed by atoms with Crippen molar-refractivity contribution in [1.29, 1.82) is 0 Å². The Morgan fingerprint density at radius 3 is 3.15 bits per heavy atom. The van der Waals surface area contributed by atoms with Crippen LogP contribution in [0.4, 0.5) is 0 Å². The Morgan fingerprint density at radius 2 is 2.38 bits per heavy atom. The van der Waals surface area contributed by atoms with Crippen molar-refractivity contribution in [3.8, 4) is 0 Å². The third-order valence-corrected chi connectivity index (χ3v) is 2.02. The third-order valence-electron chi connectivity index (χ3n) is 2.02. The Balaban J connectivity index is 2.67. The van der Waals surface area contributed by atoms with E-state index in [1.54, 1.807) is 0 Å². The molecule has 13 heavy (non-hydrogen) atoms. The van der Waals surface area contributed by atoms with E-state index >= 15 is 0 Å². The van der Waals surface area contributed by atoms with E-state index in [2.05, 4.69) is 9.97 Å². The molecule has 0 aliphatic rings. The van der Waals surface area contributed by atoms with Crippen LogP contribution in [0.25, 0.3) is 11.0 Å². The molecule has 0 atom stereocenters. The number of carbonyl (C=O) groups excluding carboxylic acids is 1. The number of aryl methyl sites for hydroxylation is 1. The van der Waals surface area contributed by atoms with Gasteiger partial charge in [-0.15, -0.1) is 0 Å². The number of fused-ring (bicyclic) bond motifs is 1. The SMILES string of the molecule is Cc1nc2c(CC=O)cccc2[nH]1. The second-order valence-electron chi connectivity index (χ2n) is 3.01. The molecule has 0 saturated carbocycles. The van der Waals surface area contributed by atoms with E-state index in [0.29, 0.717) is 6.42 Å². The molecule has 2 rings (SSSR count). The highest BCUT2D eigenvalue weighted by atomic mass is 16.1. The van der Waals surface area contributed by atoms with Gasteiger partial charge in [-0.25, -0.2) is 4.98 Å². The van der Waals surface area contributed by atoms with Gasteiger partial charge >= 0.3 is 0 Å². The van der Waals surface area contributed by atoms with Crippen molar-refractivity contribution < 1.29 is 4.79 Å². The minimum absolute atomic E-state index is 0.432. The van der Waals surface area contributed by atoms with Gasteiger partial charge in [-0.1, -0.05) is 12.1 Å². The number of hydrogen-bond donors (Lipinski definition) is 1. The first-order valence-electron chi connectivity index (χ1n) is 4.19. The van der Waals surface area contributed by atoms with Crippen LogP contribution in [-0.4, -0.2) is 16.3 Å². The molecule has 0 saturated heterocycles. The van der Waals surface area contributed by atoms with E-state index in [0.717, 1.165) is 28.7 Å². The summed E-state index contributed by atoms with van der Waals surface area (Å²) in [6.45, 7) is 1.91. The second-order valence-corrected chi connectivity index (χ2v) is 3.01. The second kappa shape index (κ2) is 3.01. The largest absolute Gasteiger partial charge is 0.342 e. The Morgan fingerprint density at radius 1 is 1.54 bits per heavy atom. The number of para-hydroxylation sites is 1. The molecule has 0 fully saturated rings. The molecule has 0 radical (unpaired) electrons. The quantitative estimate of drug-likeness (QED) is 0.703. The summed E-state index contributed by atoms with van der Waals surface area (Å²) >= 11 is 0. The van der Waals surface area contributed by atoms with Crippen LogP contribution in [0.5, 0.6) is 0 Å². The summed E-state index contributed by atoms with van der Waals surface area (Å²) in [7, 11) is 0. The predicted octanol–water partition coefficient (Wildman–Crippen LogP) is 1.61. The molecule has 0 amide bonds. The van der Waals surface area contributed by atoms with E-state index in [1.165, 1.54) is 0 Å². The van der Waals surface area contributed by atoms with Crippen molar-refractivity contribution in [2.24, 2.45) is 0 Å². The molecular weight excluding hydrogens is 164 g/mol. The number of H-pyrrole nitrogens is 1. The summed E-state index contributed by atoms with van der Waals surface area (Å²) in [5.41, 5.74) is 2.89. The standard InChI is InChI=1S/C10H10N2O/c1-7-11-9-4-2-3-8(5-6-13)10(9)12-7/h2-4,6H,5H2,1H3,(H,11,12). The number of hydrogen-bond acceptors (Lipinski definition) is 2. The van der Waals surface area contributed by atoms with E-state index in [9.17, 15) is 4.79 Å². The number of benzene rings is 1. The molecule has 0 aliphatic heterocycles. The molecule has 3 nitrogen and oxygen atoms in total. The van der Waals surface area contributed by atoms with Gasteiger partial charge in [0.15, 0.2) is 0 Å². The van der Waals surface area contributed by atoms with Crippen LogP contribution >= 0.6 is 0 Å². The first kappa shape index (κ1) is 7.98. The molecule has 1 heterocycles. The summed E-state index contributed by atoms with van der Waals surface area (Å²) < 4.78 is 0. The lowest BCUT2D eigenvalue weighted by molar-refractivity contribution is -0.107.